The number of aryl methyl sites for hydroxylation is 1. The first-order chi connectivity index (χ1) is 9.15. The lowest BCUT2D eigenvalue weighted by molar-refractivity contribution is -0.149. The summed E-state index contributed by atoms with van der Waals surface area (Å²) in [5, 5.41) is 3.39. The monoisotopic (exact) mass is 263 g/mol. The highest BCUT2D eigenvalue weighted by atomic mass is 19.1. The molecule has 1 N–H and O–H groups in total. The highest BCUT2D eigenvalue weighted by Crippen LogP contribution is 2.39. The van der Waals surface area contributed by atoms with Gasteiger partial charge in [-0.1, -0.05) is 6.07 Å². The quantitative estimate of drug-likeness (QED) is 0.846. The van der Waals surface area contributed by atoms with Gasteiger partial charge in [-0.2, -0.15) is 0 Å². The van der Waals surface area contributed by atoms with Crippen LogP contribution >= 0.6 is 0 Å². The minimum absolute atomic E-state index is 0.249. The van der Waals surface area contributed by atoms with Crippen molar-refractivity contribution in [2.24, 2.45) is 5.92 Å². The van der Waals surface area contributed by atoms with Crippen LogP contribution in [0.25, 0.3) is 0 Å². The summed E-state index contributed by atoms with van der Waals surface area (Å²) in [6.07, 6.45) is 3.80. The number of hydrogen-bond donors (Lipinski definition) is 1. The van der Waals surface area contributed by atoms with Gasteiger partial charge in [-0.05, 0) is 61.4 Å². The van der Waals surface area contributed by atoms with Crippen molar-refractivity contribution in [1.82, 2.24) is 5.32 Å². The number of methoxy groups -OCH3 is 1. The third-order valence-electron chi connectivity index (χ3n) is 4.22. The maximum Gasteiger partial charge on any atom is 0.330 e. The molecule has 2 aliphatic carbocycles. The summed E-state index contributed by atoms with van der Waals surface area (Å²) >= 11 is 0. The van der Waals surface area contributed by atoms with Crippen molar-refractivity contribution in [1.29, 1.82) is 0 Å². The molecule has 1 aromatic rings. The summed E-state index contributed by atoms with van der Waals surface area (Å²) < 4.78 is 18.3. The van der Waals surface area contributed by atoms with Crippen molar-refractivity contribution in [3.63, 3.8) is 0 Å². The van der Waals surface area contributed by atoms with Crippen molar-refractivity contribution in [3.8, 4) is 0 Å². The van der Waals surface area contributed by atoms with E-state index in [9.17, 15) is 9.18 Å². The lowest BCUT2D eigenvalue weighted by atomic mass is 9.91. The minimum Gasteiger partial charge on any atom is -0.467 e. The first-order valence-corrected chi connectivity index (χ1v) is 6.78. The van der Waals surface area contributed by atoms with E-state index in [1.54, 1.807) is 6.07 Å². The van der Waals surface area contributed by atoms with Gasteiger partial charge in [0.1, 0.15) is 11.4 Å². The van der Waals surface area contributed by atoms with E-state index in [2.05, 4.69) is 5.32 Å². The number of fused-ring (bicyclic) bond motifs is 1. The number of benzene rings is 1. The topological polar surface area (TPSA) is 38.3 Å². The summed E-state index contributed by atoms with van der Waals surface area (Å²) in [6, 6.07) is 4.66. The van der Waals surface area contributed by atoms with Gasteiger partial charge in [0, 0.05) is 0 Å². The van der Waals surface area contributed by atoms with Crippen LogP contribution in [0.4, 0.5) is 4.39 Å². The first-order valence-electron chi connectivity index (χ1n) is 6.78. The molecule has 0 saturated heterocycles. The van der Waals surface area contributed by atoms with Gasteiger partial charge in [-0.3, -0.25) is 5.32 Å². The highest BCUT2D eigenvalue weighted by molar-refractivity contribution is 5.84. The molecular weight excluding hydrogens is 245 g/mol. The van der Waals surface area contributed by atoms with Crippen molar-refractivity contribution >= 4 is 5.97 Å². The van der Waals surface area contributed by atoms with Gasteiger partial charge in [0.2, 0.25) is 0 Å². The number of nitrogens with one attached hydrogen (secondary N) is 1. The van der Waals surface area contributed by atoms with Crippen LogP contribution in [-0.4, -0.2) is 19.6 Å². The summed E-state index contributed by atoms with van der Waals surface area (Å²) in [7, 11) is 1.41. The Bertz CT molecular complexity index is 513. The van der Waals surface area contributed by atoms with E-state index in [4.69, 9.17) is 4.74 Å². The Morgan fingerprint density at radius 1 is 1.53 bits per heavy atom. The van der Waals surface area contributed by atoms with E-state index in [1.807, 2.05) is 0 Å². The van der Waals surface area contributed by atoms with Crippen molar-refractivity contribution < 1.29 is 13.9 Å². The van der Waals surface area contributed by atoms with Gasteiger partial charge < -0.3 is 4.74 Å². The third kappa shape index (κ3) is 2.14. The fourth-order valence-electron chi connectivity index (χ4n) is 2.92. The Labute approximate surface area is 112 Å². The molecule has 0 aliphatic heterocycles. The van der Waals surface area contributed by atoms with Gasteiger partial charge in [0.15, 0.2) is 0 Å². The molecular formula is C15H18FNO2. The Balaban J connectivity index is 1.94. The molecule has 1 aromatic carbocycles. The Morgan fingerprint density at radius 3 is 3.00 bits per heavy atom. The van der Waals surface area contributed by atoms with Crippen LogP contribution < -0.4 is 5.32 Å². The van der Waals surface area contributed by atoms with E-state index in [0.717, 1.165) is 17.7 Å². The molecule has 0 heterocycles. The molecule has 0 amide bonds. The molecule has 2 aliphatic rings. The molecule has 0 aromatic heterocycles. The number of hydrogen-bond acceptors (Lipinski definition) is 3. The Kier molecular flexibility index (Phi) is 3.05. The van der Waals surface area contributed by atoms with Gasteiger partial charge in [0.25, 0.3) is 0 Å². The second-order valence-electron chi connectivity index (χ2n) is 5.52. The number of ether oxygens (including phenoxy) is 1. The fraction of sp³-hybridized carbons (Fsp3) is 0.533. The van der Waals surface area contributed by atoms with Gasteiger partial charge in [0.05, 0.1) is 7.11 Å². The van der Waals surface area contributed by atoms with Crippen LogP contribution in [0.5, 0.6) is 0 Å². The van der Waals surface area contributed by atoms with E-state index < -0.39 is 5.54 Å². The number of esters is 1. The number of carbonyl (C=O) groups excluding carboxylic acids is 1. The zero-order valence-corrected chi connectivity index (χ0v) is 11.0. The van der Waals surface area contributed by atoms with E-state index in [0.29, 0.717) is 18.8 Å². The first kappa shape index (κ1) is 12.6. The number of rotatable bonds is 4. The molecule has 4 heteroatoms. The molecule has 1 atom stereocenters. The molecule has 19 heavy (non-hydrogen) atoms. The molecule has 3 rings (SSSR count). The molecule has 0 spiro atoms. The smallest absolute Gasteiger partial charge is 0.330 e. The van der Waals surface area contributed by atoms with Crippen molar-refractivity contribution in [2.75, 3.05) is 13.7 Å². The molecule has 1 fully saturated rings. The summed E-state index contributed by atoms with van der Waals surface area (Å²) in [6.45, 7) is 0.825. The van der Waals surface area contributed by atoms with Gasteiger partial charge in [-0.25, -0.2) is 9.18 Å². The predicted octanol–water partition coefficient (Wildman–Crippen LogP) is 2.14. The van der Waals surface area contributed by atoms with Crippen LogP contribution in [-0.2, 0) is 21.5 Å². The van der Waals surface area contributed by atoms with Gasteiger partial charge in [-0.15, -0.1) is 0 Å². The van der Waals surface area contributed by atoms with Gasteiger partial charge >= 0.3 is 5.97 Å². The lowest BCUT2D eigenvalue weighted by Gasteiger charge is -2.29. The minimum atomic E-state index is -0.777. The standard InChI is InChI=1S/C15H18FNO2/c1-19-14(18)15(17-9-10-2-3-10)7-6-11-8-12(16)4-5-13(11)15/h4-5,8,10,17H,2-3,6-7,9H2,1H3. The maximum absolute atomic E-state index is 13.3. The van der Waals surface area contributed by atoms with Crippen LogP contribution in [0.2, 0.25) is 0 Å². The molecule has 0 bridgehead atoms. The molecule has 0 radical (unpaired) electrons. The average Bonchev–Trinajstić information content (AvgIpc) is 3.17. The SMILES string of the molecule is COC(=O)C1(NCC2CC2)CCc2cc(F)ccc21. The largest absolute Gasteiger partial charge is 0.467 e. The van der Waals surface area contributed by atoms with Crippen molar-refractivity contribution in [2.45, 2.75) is 31.2 Å². The lowest BCUT2D eigenvalue weighted by Crippen LogP contribution is -2.49. The summed E-state index contributed by atoms with van der Waals surface area (Å²) in [4.78, 5) is 12.2. The average molecular weight is 263 g/mol. The molecule has 1 unspecified atom stereocenters. The van der Waals surface area contributed by atoms with Crippen LogP contribution in [0.3, 0.4) is 0 Å². The summed E-state index contributed by atoms with van der Waals surface area (Å²) in [5.41, 5.74) is 1.01. The summed E-state index contributed by atoms with van der Waals surface area (Å²) in [5.74, 6) is 0.158. The zero-order chi connectivity index (χ0) is 13.5. The zero-order valence-electron chi connectivity index (χ0n) is 11.0. The maximum atomic E-state index is 13.3. The van der Waals surface area contributed by atoms with Crippen molar-refractivity contribution in [3.05, 3.63) is 35.1 Å². The second kappa shape index (κ2) is 4.60. The number of carbonyl (C=O) groups is 1. The van der Waals surface area contributed by atoms with E-state index >= 15 is 0 Å². The number of halogens is 1. The van der Waals surface area contributed by atoms with E-state index in [1.165, 1.54) is 32.1 Å². The predicted molar refractivity (Wildman–Crippen MR) is 69.1 cm³/mol. The van der Waals surface area contributed by atoms with Crippen LogP contribution in [0.1, 0.15) is 30.4 Å². The molecule has 1 saturated carbocycles. The normalized spacial score (nSPS) is 25.2. The third-order valence-corrected chi connectivity index (χ3v) is 4.22. The Hall–Kier alpha value is -1.42. The van der Waals surface area contributed by atoms with E-state index in [-0.39, 0.29) is 11.8 Å². The Morgan fingerprint density at radius 2 is 2.32 bits per heavy atom. The second-order valence-corrected chi connectivity index (χ2v) is 5.52. The molecule has 3 nitrogen and oxygen atoms in total. The highest BCUT2D eigenvalue weighted by Gasteiger charge is 2.46. The molecule has 102 valence electrons. The van der Waals surface area contributed by atoms with Crippen LogP contribution in [0, 0.1) is 11.7 Å². The fourth-order valence-corrected chi connectivity index (χ4v) is 2.92. The van der Waals surface area contributed by atoms with Crippen LogP contribution in [0.15, 0.2) is 18.2 Å².